The largest absolute Gasteiger partial charge is 0.299 e. The van der Waals surface area contributed by atoms with E-state index in [1.54, 1.807) is 18.2 Å². The molecule has 2 nitrogen and oxygen atoms in total. The van der Waals surface area contributed by atoms with Crippen molar-refractivity contribution >= 4 is 30.0 Å². The minimum atomic E-state index is 0.676. The molecule has 1 rings (SSSR count). The topological polar surface area (TPSA) is 34.1 Å². The molecule has 0 fully saturated rings. The Bertz CT molecular complexity index is 286. The Kier molecular flexibility index (Phi) is 2.74. The molecule has 11 heavy (non-hydrogen) atoms. The lowest BCUT2D eigenvalue weighted by atomic mass is 10.4. The van der Waals surface area contributed by atoms with Crippen LogP contribution >= 0.6 is 11.3 Å². The Labute approximate surface area is 68.2 Å². The molecule has 0 bridgehead atoms. The number of carbonyl (C=O) groups is 2. The van der Waals surface area contributed by atoms with Gasteiger partial charge in [-0.05, 0) is 24.3 Å². The number of thiophene rings is 1. The maximum absolute atomic E-state index is 10.2. The molecule has 0 aliphatic rings. The Morgan fingerprint density at radius 3 is 2.45 bits per heavy atom. The molecular weight excluding hydrogens is 160 g/mol. The van der Waals surface area contributed by atoms with Gasteiger partial charge in [0.1, 0.15) is 6.29 Å². The molecule has 0 spiro atoms. The summed E-state index contributed by atoms with van der Waals surface area (Å²) in [4.78, 5) is 21.7. The standard InChI is InChI=1S/C8H6O2S/c9-5-1-2-7-3-4-8(6-10)11-7/h1-6H/b2-1+. The lowest BCUT2D eigenvalue weighted by molar-refractivity contribution is -0.104. The molecule has 0 N–H and O–H groups in total. The molecule has 0 saturated heterocycles. The first-order valence-corrected chi connectivity index (χ1v) is 3.85. The Hall–Kier alpha value is -1.22. The van der Waals surface area contributed by atoms with Gasteiger partial charge in [0.15, 0.2) is 6.29 Å². The van der Waals surface area contributed by atoms with Gasteiger partial charge in [0.2, 0.25) is 0 Å². The van der Waals surface area contributed by atoms with Gasteiger partial charge in [-0.15, -0.1) is 11.3 Å². The summed E-state index contributed by atoms with van der Waals surface area (Å²) in [7, 11) is 0. The first-order chi connectivity index (χ1) is 5.36. The van der Waals surface area contributed by atoms with E-state index < -0.39 is 0 Å². The molecule has 0 atom stereocenters. The van der Waals surface area contributed by atoms with Gasteiger partial charge in [0, 0.05) is 4.88 Å². The van der Waals surface area contributed by atoms with Crippen LogP contribution in [0.2, 0.25) is 0 Å². The summed E-state index contributed by atoms with van der Waals surface area (Å²) in [6.07, 6.45) is 4.58. The van der Waals surface area contributed by atoms with Crippen molar-refractivity contribution in [2.45, 2.75) is 0 Å². The van der Waals surface area contributed by atoms with Crippen LogP contribution in [0, 0.1) is 0 Å². The number of carbonyl (C=O) groups excluding carboxylic acids is 2. The molecule has 0 saturated carbocycles. The van der Waals surface area contributed by atoms with Gasteiger partial charge in [-0.3, -0.25) is 9.59 Å². The van der Waals surface area contributed by atoms with Crippen LogP contribution in [0.1, 0.15) is 14.5 Å². The third kappa shape index (κ3) is 2.13. The number of hydrogen-bond donors (Lipinski definition) is 0. The van der Waals surface area contributed by atoms with Crippen molar-refractivity contribution in [3.63, 3.8) is 0 Å². The predicted octanol–water partition coefficient (Wildman–Crippen LogP) is 1.77. The minimum Gasteiger partial charge on any atom is -0.299 e. The highest BCUT2D eigenvalue weighted by atomic mass is 32.1. The van der Waals surface area contributed by atoms with Gasteiger partial charge in [0.25, 0.3) is 0 Å². The van der Waals surface area contributed by atoms with E-state index in [9.17, 15) is 9.59 Å². The third-order valence-corrected chi connectivity index (χ3v) is 2.08. The minimum absolute atomic E-state index is 0.676. The van der Waals surface area contributed by atoms with Crippen molar-refractivity contribution in [2.75, 3.05) is 0 Å². The molecule has 0 radical (unpaired) electrons. The fourth-order valence-corrected chi connectivity index (χ4v) is 1.39. The van der Waals surface area contributed by atoms with Gasteiger partial charge < -0.3 is 0 Å². The van der Waals surface area contributed by atoms with Crippen LogP contribution in [-0.4, -0.2) is 12.6 Å². The van der Waals surface area contributed by atoms with Gasteiger partial charge in [-0.2, -0.15) is 0 Å². The van der Waals surface area contributed by atoms with Crippen molar-refractivity contribution in [1.82, 2.24) is 0 Å². The van der Waals surface area contributed by atoms with Gasteiger partial charge in [-0.25, -0.2) is 0 Å². The van der Waals surface area contributed by atoms with E-state index in [2.05, 4.69) is 0 Å². The van der Waals surface area contributed by atoms with E-state index in [0.717, 1.165) is 11.2 Å². The summed E-state index contributed by atoms with van der Waals surface area (Å²) in [5.41, 5.74) is 0. The normalized spacial score (nSPS) is 10.2. The van der Waals surface area contributed by atoms with E-state index in [0.29, 0.717) is 11.2 Å². The lowest BCUT2D eigenvalue weighted by Gasteiger charge is -1.76. The number of allylic oxidation sites excluding steroid dienone is 1. The molecule has 3 heteroatoms. The maximum Gasteiger partial charge on any atom is 0.160 e. The van der Waals surface area contributed by atoms with Crippen molar-refractivity contribution in [3.05, 3.63) is 28.0 Å². The van der Waals surface area contributed by atoms with Crippen molar-refractivity contribution in [3.8, 4) is 0 Å². The summed E-state index contributed by atoms with van der Waals surface area (Å²) in [5, 5.41) is 0. The van der Waals surface area contributed by atoms with Crippen LogP contribution < -0.4 is 0 Å². The third-order valence-electron chi connectivity index (χ3n) is 1.10. The van der Waals surface area contributed by atoms with Crippen LogP contribution in [0.3, 0.4) is 0 Å². The zero-order valence-electron chi connectivity index (χ0n) is 5.69. The number of aldehydes is 2. The van der Waals surface area contributed by atoms with Gasteiger partial charge >= 0.3 is 0 Å². The monoisotopic (exact) mass is 166 g/mol. The average molecular weight is 166 g/mol. The van der Waals surface area contributed by atoms with E-state index >= 15 is 0 Å². The zero-order chi connectivity index (χ0) is 8.10. The second kappa shape index (κ2) is 3.83. The average Bonchev–Trinajstić information content (AvgIpc) is 2.48. The maximum atomic E-state index is 10.2. The van der Waals surface area contributed by atoms with E-state index in [4.69, 9.17) is 0 Å². The first-order valence-electron chi connectivity index (χ1n) is 3.03. The molecule has 56 valence electrons. The molecular formula is C8H6O2S. The van der Waals surface area contributed by atoms with Crippen LogP contribution in [0.5, 0.6) is 0 Å². The Morgan fingerprint density at radius 1 is 1.18 bits per heavy atom. The molecule has 0 aliphatic heterocycles. The van der Waals surface area contributed by atoms with Crippen molar-refractivity contribution in [1.29, 1.82) is 0 Å². The Balaban J connectivity index is 2.80. The smallest absolute Gasteiger partial charge is 0.160 e. The van der Waals surface area contributed by atoms with E-state index in [1.807, 2.05) is 0 Å². The second-order valence-electron chi connectivity index (χ2n) is 1.85. The fourth-order valence-electron chi connectivity index (χ4n) is 0.655. The molecule has 0 unspecified atom stereocenters. The highest BCUT2D eigenvalue weighted by molar-refractivity contribution is 7.14. The fraction of sp³-hybridized carbons (Fsp3) is 0. The highest BCUT2D eigenvalue weighted by Gasteiger charge is 1.93. The molecule has 1 heterocycles. The van der Waals surface area contributed by atoms with E-state index in [1.165, 1.54) is 17.4 Å². The molecule has 0 aliphatic carbocycles. The lowest BCUT2D eigenvalue weighted by Crippen LogP contribution is -1.62. The Morgan fingerprint density at radius 2 is 1.91 bits per heavy atom. The quantitative estimate of drug-likeness (QED) is 0.506. The predicted molar refractivity (Wildman–Crippen MR) is 44.8 cm³/mol. The van der Waals surface area contributed by atoms with Gasteiger partial charge in [0.05, 0.1) is 4.88 Å². The van der Waals surface area contributed by atoms with Crippen LogP contribution in [0.15, 0.2) is 18.2 Å². The second-order valence-corrected chi connectivity index (χ2v) is 3.00. The first kappa shape index (κ1) is 7.88. The number of hydrogen-bond acceptors (Lipinski definition) is 3. The molecule has 1 aromatic rings. The summed E-state index contributed by atoms with van der Waals surface area (Å²) in [6.45, 7) is 0. The van der Waals surface area contributed by atoms with Crippen molar-refractivity contribution in [2.24, 2.45) is 0 Å². The van der Waals surface area contributed by atoms with Gasteiger partial charge in [-0.1, -0.05) is 0 Å². The van der Waals surface area contributed by atoms with Crippen molar-refractivity contribution < 1.29 is 9.59 Å². The molecule has 0 aromatic carbocycles. The van der Waals surface area contributed by atoms with Crippen LogP contribution in [0.25, 0.3) is 6.08 Å². The highest BCUT2D eigenvalue weighted by Crippen LogP contribution is 2.15. The summed E-state index contributed by atoms with van der Waals surface area (Å²) in [6, 6.07) is 3.52. The summed E-state index contributed by atoms with van der Waals surface area (Å²) < 4.78 is 0. The number of rotatable bonds is 3. The summed E-state index contributed by atoms with van der Waals surface area (Å²) >= 11 is 1.36. The zero-order valence-corrected chi connectivity index (χ0v) is 6.51. The van der Waals surface area contributed by atoms with E-state index in [-0.39, 0.29) is 0 Å². The molecule has 0 amide bonds. The SMILES string of the molecule is O=C/C=C/c1ccc(C=O)s1. The van der Waals surface area contributed by atoms with Crippen LogP contribution in [-0.2, 0) is 4.79 Å². The summed E-state index contributed by atoms with van der Waals surface area (Å²) in [5.74, 6) is 0. The van der Waals surface area contributed by atoms with Crippen LogP contribution in [0.4, 0.5) is 0 Å². The molecule has 1 aromatic heterocycles.